The van der Waals surface area contributed by atoms with Gasteiger partial charge in [0.05, 0.1) is 0 Å². The summed E-state index contributed by atoms with van der Waals surface area (Å²) in [6.07, 6.45) is 4.37. The third-order valence-electron chi connectivity index (χ3n) is 3.88. The molecular weight excluding hydrogens is 274 g/mol. The molecule has 7 atom stereocenters. The third-order valence-corrected chi connectivity index (χ3v) is 15.3. The molecule has 0 aromatic heterocycles. The van der Waals surface area contributed by atoms with Gasteiger partial charge in [-0.15, -0.1) is 17.9 Å². The van der Waals surface area contributed by atoms with E-state index >= 15 is 0 Å². The van der Waals surface area contributed by atoms with E-state index in [1.54, 1.807) is 0 Å². The number of piperidine rings is 2. The fourth-order valence-electron chi connectivity index (χ4n) is 2.91. The zero-order valence-electron chi connectivity index (χ0n) is 9.72. The van der Waals surface area contributed by atoms with E-state index in [-0.39, 0.29) is 7.30 Å². The topological polar surface area (TPSA) is 20.3 Å². The van der Waals surface area contributed by atoms with Crippen LogP contribution in [0.25, 0.3) is 0 Å². The van der Waals surface area contributed by atoms with Gasteiger partial charge < -0.3 is 4.90 Å². The summed E-state index contributed by atoms with van der Waals surface area (Å²) in [4.78, 5) is 14.1. The smallest absolute Gasteiger partial charge is 0.222 e. The van der Waals surface area contributed by atoms with E-state index in [0.29, 0.717) is 11.9 Å². The molecule has 0 spiro atoms. The van der Waals surface area contributed by atoms with Gasteiger partial charge in [0, 0.05) is 24.7 Å². The van der Waals surface area contributed by atoms with Crippen LogP contribution in [0.2, 0.25) is 0 Å². The Labute approximate surface area is 106 Å². The summed E-state index contributed by atoms with van der Waals surface area (Å²) in [5.74, 6) is 1.21. The largest absolute Gasteiger partial charge is 0.339 e. The van der Waals surface area contributed by atoms with Crippen molar-refractivity contribution in [3.05, 3.63) is 0 Å². The van der Waals surface area contributed by atoms with Gasteiger partial charge in [-0.2, -0.15) is 0 Å². The molecule has 2 nitrogen and oxygen atoms in total. The van der Waals surface area contributed by atoms with Crippen LogP contribution in [-0.2, 0) is 4.79 Å². The molecule has 92 valence electrons. The highest BCUT2D eigenvalue weighted by molar-refractivity contribution is 8.61. The Hall–Kier alpha value is 1.19. The highest BCUT2D eigenvalue weighted by Crippen LogP contribution is 2.71. The van der Waals surface area contributed by atoms with Crippen LogP contribution in [0.5, 0.6) is 0 Å². The first-order valence-electron chi connectivity index (χ1n) is 5.93. The van der Waals surface area contributed by atoms with Gasteiger partial charge in [-0.3, -0.25) is 4.79 Å². The number of hydrogen-bond acceptors (Lipinski definition) is 1. The van der Waals surface area contributed by atoms with E-state index in [1.165, 1.54) is 12.8 Å². The second kappa shape index (κ2) is 5.89. The van der Waals surface area contributed by atoms with Crippen molar-refractivity contribution in [3.63, 3.8) is 0 Å². The normalized spacial score (nSPS) is 37.8. The third kappa shape index (κ3) is 2.78. The lowest BCUT2D eigenvalue weighted by Crippen LogP contribution is -2.52. The minimum absolute atomic E-state index is 0.0263. The van der Waals surface area contributed by atoms with Crippen molar-refractivity contribution in [1.82, 2.24) is 4.90 Å². The summed E-state index contributed by atoms with van der Waals surface area (Å²) >= 11 is 0. The number of rotatable bonds is 2. The number of amides is 1. The minimum atomic E-state index is 0.0263. The summed E-state index contributed by atoms with van der Waals surface area (Å²) in [6.45, 7) is 3.41. The van der Waals surface area contributed by atoms with Crippen molar-refractivity contribution in [2.24, 2.45) is 5.92 Å². The second-order valence-corrected chi connectivity index (χ2v) is 14.5. The second-order valence-electron chi connectivity index (χ2n) is 4.91. The molecule has 0 aromatic carbocycles. The standard InChI is InChI=1S/C10H21NOP4/c1-7-5-8-3-2-4-10(12)11(8)6-9(7)16(14)15-13/h7-9,15H,2-6,13-14H2,1H3/t7-,8?,9+,16?/m0/s1. The molecule has 0 bridgehead atoms. The van der Waals surface area contributed by atoms with Crippen molar-refractivity contribution in [2.75, 3.05) is 6.54 Å². The van der Waals surface area contributed by atoms with Crippen molar-refractivity contribution in [1.29, 1.82) is 0 Å². The predicted molar refractivity (Wildman–Crippen MR) is 81.6 cm³/mol. The quantitative estimate of drug-likeness (QED) is 0.715. The first kappa shape index (κ1) is 13.6. The molecule has 2 rings (SSSR count). The summed E-state index contributed by atoms with van der Waals surface area (Å²) in [7, 11) is 6.90. The van der Waals surface area contributed by atoms with E-state index in [9.17, 15) is 4.79 Å². The number of fused-ring (bicyclic) bond motifs is 1. The van der Waals surface area contributed by atoms with Crippen LogP contribution in [0.3, 0.4) is 0 Å². The van der Waals surface area contributed by atoms with Crippen LogP contribution in [0.15, 0.2) is 0 Å². The predicted octanol–water partition coefficient (Wildman–Crippen LogP) is 3.43. The summed E-state index contributed by atoms with van der Waals surface area (Å²) in [5.41, 5.74) is 0.745. The molecule has 2 aliphatic rings. The fourth-order valence-corrected chi connectivity index (χ4v) is 8.60. The molecule has 2 saturated heterocycles. The van der Waals surface area contributed by atoms with Crippen molar-refractivity contribution in [2.45, 2.75) is 44.3 Å². The average molecular weight is 295 g/mol. The highest BCUT2D eigenvalue weighted by atomic mass is 32.6. The number of nitrogens with zero attached hydrogens (tertiary/aromatic N) is 1. The monoisotopic (exact) mass is 295 g/mol. The molecule has 2 aliphatic heterocycles. The van der Waals surface area contributed by atoms with Gasteiger partial charge in [-0.05, 0) is 25.2 Å². The number of carbonyl (C=O) groups is 1. The Morgan fingerprint density at radius 1 is 1.56 bits per heavy atom. The van der Waals surface area contributed by atoms with Crippen molar-refractivity contribution >= 4 is 39.0 Å². The average Bonchev–Trinajstić information content (AvgIpc) is 2.28. The maximum absolute atomic E-state index is 11.9. The zero-order valence-corrected chi connectivity index (χ0v) is 13.9. The Morgan fingerprint density at radius 2 is 2.31 bits per heavy atom. The molecule has 0 aliphatic carbocycles. The van der Waals surface area contributed by atoms with Gasteiger partial charge in [0.2, 0.25) is 5.91 Å². The highest BCUT2D eigenvalue weighted by Gasteiger charge is 2.39. The lowest BCUT2D eigenvalue weighted by atomic mass is 9.86. The molecular formula is C10H21NOP4. The molecule has 1 amide bonds. The van der Waals surface area contributed by atoms with Crippen LogP contribution in [0, 0.1) is 5.92 Å². The van der Waals surface area contributed by atoms with Gasteiger partial charge >= 0.3 is 0 Å². The first-order chi connectivity index (χ1) is 7.63. The molecule has 0 saturated carbocycles. The number of carbonyl (C=O) groups excluding carboxylic acids is 1. The molecule has 2 fully saturated rings. The lowest BCUT2D eigenvalue weighted by molar-refractivity contribution is -0.138. The van der Waals surface area contributed by atoms with Gasteiger partial charge in [-0.25, -0.2) is 0 Å². The lowest BCUT2D eigenvalue weighted by Gasteiger charge is -2.47. The fraction of sp³-hybridized carbons (Fsp3) is 0.900. The molecule has 5 unspecified atom stereocenters. The SMILES string of the molecule is C[C@H]1CC2CCCC(=O)N2C[C@H]1P(P)PP. The molecule has 2 heterocycles. The van der Waals surface area contributed by atoms with Gasteiger partial charge in [0.1, 0.15) is 0 Å². The van der Waals surface area contributed by atoms with Crippen LogP contribution in [-0.4, -0.2) is 29.1 Å². The summed E-state index contributed by atoms with van der Waals surface area (Å²) in [5, 5.41) is 0. The van der Waals surface area contributed by atoms with Crippen LogP contribution in [0.1, 0.15) is 32.6 Å². The Bertz CT molecular complexity index is 276. The Balaban J connectivity index is 2.07. The van der Waals surface area contributed by atoms with E-state index in [4.69, 9.17) is 0 Å². The maximum Gasteiger partial charge on any atom is 0.222 e. The van der Waals surface area contributed by atoms with E-state index in [2.05, 4.69) is 29.7 Å². The van der Waals surface area contributed by atoms with Crippen LogP contribution < -0.4 is 0 Å². The van der Waals surface area contributed by atoms with Crippen molar-refractivity contribution in [3.8, 4) is 0 Å². The van der Waals surface area contributed by atoms with E-state index in [0.717, 1.165) is 38.9 Å². The minimum Gasteiger partial charge on any atom is -0.339 e. The van der Waals surface area contributed by atoms with Crippen LogP contribution >= 0.6 is 33.1 Å². The van der Waals surface area contributed by atoms with Gasteiger partial charge in [-0.1, -0.05) is 22.2 Å². The van der Waals surface area contributed by atoms with Gasteiger partial charge in [0.25, 0.3) is 0 Å². The maximum atomic E-state index is 11.9. The van der Waals surface area contributed by atoms with Crippen LogP contribution in [0.4, 0.5) is 0 Å². The zero-order chi connectivity index (χ0) is 11.7. The van der Waals surface area contributed by atoms with Crippen molar-refractivity contribution < 1.29 is 4.79 Å². The summed E-state index contributed by atoms with van der Waals surface area (Å²) in [6, 6.07) is 0.564. The first-order valence-corrected chi connectivity index (χ1v) is 12.6. The number of hydrogen-bond donors (Lipinski definition) is 0. The van der Waals surface area contributed by atoms with Gasteiger partial charge in [0.15, 0.2) is 0 Å². The van der Waals surface area contributed by atoms with E-state index < -0.39 is 0 Å². The molecule has 0 N–H and O–H groups in total. The molecule has 0 aromatic rings. The Kier molecular flexibility index (Phi) is 5.01. The molecule has 6 heteroatoms. The Morgan fingerprint density at radius 3 is 3.00 bits per heavy atom. The van der Waals surface area contributed by atoms with E-state index in [1.807, 2.05) is 0 Å². The molecule has 0 radical (unpaired) electrons. The summed E-state index contributed by atoms with van der Waals surface area (Å²) < 4.78 is 0. The molecule has 16 heavy (non-hydrogen) atoms.